The molecule has 1 atom stereocenters. The number of hydrogen-bond donors (Lipinski definition) is 2. The number of rotatable bonds is 5. The van der Waals surface area contributed by atoms with Gasteiger partial charge in [-0.3, -0.25) is 4.79 Å². The molecule has 0 aliphatic heterocycles. The van der Waals surface area contributed by atoms with Crippen LogP contribution < -0.4 is 10.6 Å². The van der Waals surface area contributed by atoms with Crippen LogP contribution in [0.1, 0.15) is 19.8 Å². The number of carbonyl (C=O) groups excluding carboxylic acids is 1. The molecule has 4 heteroatoms. The van der Waals surface area contributed by atoms with E-state index in [1.807, 2.05) is 6.92 Å². The van der Waals surface area contributed by atoms with Crippen molar-refractivity contribution in [1.82, 2.24) is 0 Å². The van der Waals surface area contributed by atoms with Crippen molar-refractivity contribution in [1.29, 1.82) is 0 Å². The van der Waals surface area contributed by atoms with E-state index in [1.54, 1.807) is 36.2 Å². The van der Waals surface area contributed by atoms with E-state index >= 15 is 0 Å². The molecule has 94 valence electrons. The Morgan fingerprint density at radius 3 is 2.76 bits per heavy atom. The lowest BCUT2D eigenvalue weighted by atomic mass is 10.0. The molecule has 0 aromatic heterocycles. The van der Waals surface area contributed by atoms with E-state index in [2.05, 4.69) is 0 Å². The van der Waals surface area contributed by atoms with Crippen molar-refractivity contribution in [2.75, 3.05) is 18.5 Å². The van der Waals surface area contributed by atoms with Gasteiger partial charge in [0.15, 0.2) is 0 Å². The van der Waals surface area contributed by atoms with E-state index in [4.69, 9.17) is 5.73 Å². The summed E-state index contributed by atoms with van der Waals surface area (Å²) in [6.45, 7) is 2.39. The van der Waals surface area contributed by atoms with Gasteiger partial charge in [0, 0.05) is 25.3 Å². The maximum atomic E-state index is 12.1. The third-order valence-electron chi connectivity index (χ3n) is 2.82. The van der Waals surface area contributed by atoms with Crippen LogP contribution in [-0.4, -0.2) is 24.6 Å². The molecule has 0 saturated carbocycles. The molecule has 1 rings (SSSR count). The highest BCUT2D eigenvalue weighted by Gasteiger charge is 2.20. The molecular weight excluding hydrogens is 216 g/mol. The largest absolute Gasteiger partial charge is 0.508 e. The first-order chi connectivity index (χ1) is 8.10. The lowest BCUT2D eigenvalue weighted by molar-refractivity contribution is -0.122. The van der Waals surface area contributed by atoms with Gasteiger partial charge in [0.1, 0.15) is 5.75 Å². The van der Waals surface area contributed by atoms with Crippen molar-refractivity contribution in [3.05, 3.63) is 24.3 Å². The van der Waals surface area contributed by atoms with E-state index in [0.29, 0.717) is 12.2 Å². The molecule has 4 nitrogen and oxygen atoms in total. The Morgan fingerprint density at radius 1 is 1.53 bits per heavy atom. The number of phenols is 1. The Labute approximate surface area is 102 Å². The number of carbonyl (C=O) groups is 1. The van der Waals surface area contributed by atoms with Crippen LogP contribution >= 0.6 is 0 Å². The highest BCUT2D eigenvalue weighted by Crippen LogP contribution is 2.21. The highest BCUT2D eigenvalue weighted by molar-refractivity contribution is 5.94. The Morgan fingerprint density at radius 2 is 2.24 bits per heavy atom. The van der Waals surface area contributed by atoms with Crippen LogP contribution in [0.4, 0.5) is 5.69 Å². The first-order valence-electron chi connectivity index (χ1n) is 5.86. The van der Waals surface area contributed by atoms with Gasteiger partial charge in [0.25, 0.3) is 0 Å². The van der Waals surface area contributed by atoms with Crippen LogP contribution in [0.5, 0.6) is 5.75 Å². The standard InChI is InChI=1S/C13H20N2O2/c1-3-5-10(9-14)13(17)15(2)11-6-4-7-12(16)8-11/h4,6-8,10,16H,3,5,9,14H2,1-2H3. The predicted octanol–water partition coefficient (Wildman–Crippen LogP) is 1.73. The molecule has 0 spiro atoms. The summed E-state index contributed by atoms with van der Waals surface area (Å²) in [6.07, 6.45) is 1.72. The summed E-state index contributed by atoms with van der Waals surface area (Å²) in [5, 5.41) is 9.38. The van der Waals surface area contributed by atoms with Crippen molar-refractivity contribution >= 4 is 11.6 Å². The average molecular weight is 236 g/mol. The number of benzene rings is 1. The minimum absolute atomic E-state index is 0.0000463. The van der Waals surface area contributed by atoms with Gasteiger partial charge >= 0.3 is 0 Å². The molecule has 0 radical (unpaired) electrons. The SMILES string of the molecule is CCCC(CN)C(=O)N(C)c1cccc(O)c1. The van der Waals surface area contributed by atoms with E-state index in [9.17, 15) is 9.90 Å². The fraction of sp³-hybridized carbons (Fsp3) is 0.462. The number of nitrogens with two attached hydrogens (primary N) is 1. The van der Waals surface area contributed by atoms with E-state index < -0.39 is 0 Å². The number of anilines is 1. The topological polar surface area (TPSA) is 66.6 Å². The molecule has 1 aromatic carbocycles. The zero-order chi connectivity index (χ0) is 12.8. The van der Waals surface area contributed by atoms with Gasteiger partial charge in [-0.05, 0) is 18.6 Å². The predicted molar refractivity (Wildman–Crippen MR) is 69.0 cm³/mol. The second-order valence-corrected chi connectivity index (χ2v) is 4.14. The zero-order valence-electron chi connectivity index (χ0n) is 10.4. The van der Waals surface area contributed by atoms with Crippen LogP contribution in [0, 0.1) is 5.92 Å². The molecule has 17 heavy (non-hydrogen) atoms. The second kappa shape index (κ2) is 6.25. The average Bonchev–Trinajstić information content (AvgIpc) is 2.34. The van der Waals surface area contributed by atoms with Crippen molar-refractivity contribution in [3.8, 4) is 5.75 Å². The summed E-state index contributed by atoms with van der Waals surface area (Å²) in [6, 6.07) is 6.65. The molecule has 1 unspecified atom stereocenters. The summed E-state index contributed by atoms with van der Waals surface area (Å²) < 4.78 is 0. The first kappa shape index (κ1) is 13.5. The van der Waals surface area contributed by atoms with Crippen LogP contribution in [0.3, 0.4) is 0 Å². The Kier molecular flexibility index (Phi) is 4.97. The van der Waals surface area contributed by atoms with Gasteiger partial charge in [-0.2, -0.15) is 0 Å². The van der Waals surface area contributed by atoms with Gasteiger partial charge in [-0.25, -0.2) is 0 Å². The van der Waals surface area contributed by atoms with Crippen LogP contribution in [0.25, 0.3) is 0 Å². The Hall–Kier alpha value is -1.55. The third kappa shape index (κ3) is 3.46. The molecule has 0 aliphatic rings. The van der Waals surface area contributed by atoms with E-state index in [0.717, 1.165) is 12.8 Å². The number of aromatic hydroxyl groups is 1. The Bertz CT molecular complexity index is 379. The monoisotopic (exact) mass is 236 g/mol. The number of amides is 1. The van der Waals surface area contributed by atoms with E-state index in [1.165, 1.54) is 0 Å². The fourth-order valence-corrected chi connectivity index (χ4v) is 1.79. The lowest BCUT2D eigenvalue weighted by Gasteiger charge is -2.22. The maximum absolute atomic E-state index is 12.1. The van der Waals surface area contributed by atoms with Crippen molar-refractivity contribution in [2.45, 2.75) is 19.8 Å². The van der Waals surface area contributed by atoms with Crippen molar-refractivity contribution < 1.29 is 9.90 Å². The number of nitrogens with zero attached hydrogens (tertiary/aromatic N) is 1. The fourth-order valence-electron chi connectivity index (χ4n) is 1.79. The van der Waals surface area contributed by atoms with Gasteiger partial charge in [0.2, 0.25) is 5.91 Å². The molecule has 0 heterocycles. The van der Waals surface area contributed by atoms with Crippen molar-refractivity contribution in [2.24, 2.45) is 11.7 Å². The first-order valence-corrected chi connectivity index (χ1v) is 5.86. The summed E-state index contributed by atoms with van der Waals surface area (Å²) in [4.78, 5) is 13.7. The molecule has 0 bridgehead atoms. The molecule has 1 aromatic rings. The smallest absolute Gasteiger partial charge is 0.231 e. The quantitative estimate of drug-likeness (QED) is 0.818. The summed E-state index contributed by atoms with van der Waals surface area (Å²) in [7, 11) is 1.70. The third-order valence-corrected chi connectivity index (χ3v) is 2.82. The molecule has 0 fully saturated rings. The van der Waals surface area contributed by atoms with Gasteiger partial charge in [-0.1, -0.05) is 19.4 Å². The van der Waals surface area contributed by atoms with Crippen molar-refractivity contribution in [3.63, 3.8) is 0 Å². The van der Waals surface area contributed by atoms with Crippen LogP contribution in [-0.2, 0) is 4.79 Å². The van der Waals surface area contributed by atoms with E-state index in [-0.39, 0.29) is 17.6 Å². The highest BCUT2D eigenvalue weighted by atomic mass is 16.3. The summed E-state index contributed by atoms with van der Waals surface area (Å²) in [5.41, 5.74) is 6.29. The number of phenolic OH excluding ortho intramolecular Hbond substituents is 1. The zero-order valence-corrected chi connectivity index (χ0v) is 10.4. The van der Waals surface area contributed by atoms with Gasteiger partial charge in [0.05, 0.1) is 5.92 Å². The summed E-state index contributed by atoms with van der Waals surface area (Å²) in [5.74, 6) is 0.00855. The molecule has 1 amide bonds. The minimum atomic E-state index is -0.146. The summed E-state index contributed by atoms with van der Waals surface area (Å²) >= 11 is 0. The van der Waals surface area contributed by atoms with Crippen LogP contribution in [0.15, 0.2) is 24.3 Å². The minimum Gasteiger partial charge on any atom is -0.508 e. The molecule has 0 saturated heterocycles. The lowest BCUT2D eigenvalue weighted by Crippen LogP contribution is -2.36. The maximum Gasteiger partial charge on any atom is 0.231 e. The molecule has 0 aliphatic carbocycles. The molecule has 3 N–H and O–H groups in total. The Balaban J connectivity index is 2.81. The van der Waals surface area contributed by atoms with Crippen LogP contribution in [0.2, 0.25) is 0 Å². The second-order valence-electron chi connectivity index (χ2n) is 4.14. The van der Waals surface area contributed by atoms with Gasteiger partial charge in [-0.15, -0.1) is 0 Å². The number of hydrogen-bond acceptors (Lipinski definition) is 3. The normalized spacial score (nSPS) is 12.2. The van der Waals surface area contributed by atoms with Gasteiger partial charge < -0.3 is 15.7 Å². The molecular formula is C13H20N2O2.